The number of rotatable bonds is 3. The van der Waals surface area contributed by atoms with Gasteiger partial charge < -0.3 is 10.3 Å². The highest BCUT2D eigenvalue weighted by Crippen LogP contribution is 2.32. The Balaban J connectivity index is 1.89. The van der Waals surface area contributed by atoms with Crippen molar-refractivity contribution in [2.75, 3.05) is 5.32 Å². The number of nitrogens with one attached hydrogen (secondary N) is 2. The lowest BCUT2D eigenvalue weighted by Gasteiger charge is -2.09. The maximum absolute atomic E-state index is 11.7. The molecule has 0 aliphatic rings. The number of aromatic amines is 1. The van der Waals surface area contributed by atoms with Gasteiger partial charge in [-0.05, 0) is 41.5 Å². The first-order valence-electron chi connectivity index (χ1n) is 7.62. The third kappa shape index (κ3) is 2.27. The largest absolute Gasteiger partial charge is 0.361 e. The van der Waals surface area contributed by atoms with Gasteiger partial charge in [0, 0.05) is 29.5 Å². The third-order valence-corrected chi connectivity index (χ3v) is 4.19. The fraction of sp³-hybridized carbons (Fsp3) is 0.0526. The summed E-state index contributed by atoms with van der Waals surface area (Å²) in [7, 11) is 1.93. The Labute approximate surface area is 138 Å². The molecular formula is C19H16N4O. The summed E-state index contributed by atoms with van der Waals surface area (Å²) < 4.78 is 1.85. The molecule has 24 heavy (non-hydrogen) atoms. The number of nitrogens with zero attached hydrogens (tertiary/aromatic N) is 2. The molecule has 0 unspecified atom stereocenters. The Kier molecular flexibility index (Phi) is 3.20. The minimum Gasteiger partial charge on any atom is -0.361 e. The summed E-state index contributed by atoms with van der Waals surface area (Å²) in [6.07, 6.45) is 4.98. The first-order valence-corrected chi connectivity index (χ1v) is 7.62. The molecule has 2 aromatic carbocycles. The molecule has 4 rings (SSSR count). The van der Waals surface area contributed by atoms with E-state index >= 15 is 0 Å². The van der Waals surface area contributed by atoms with E-state index in [1.54, 1.807) is 0 Å². The van der Waals surface area contributed by atoms with Gasteiger partial charge in [-0.3, -0.25) is 9.48 Å². The van der Waals surface area contributed by atoms with Crippen molar-refractivity contribution < 1.29 is 4.79 Å². The van der Waals surface area contributed by atoms with E-state index in [2.05, 4.69) is 46.2 Å². The van der Waals surface area contributed by atoms with Crippen LogP contribution < -0.4 is 5.32 Å². The maximum Gasteiger partial charge on any atom is 0.247 e. The van der Waals surface area contributed by atoms with Gasteiger partial charge in [0.15, 0.2) is 0 Å². The quantitative estimate of drug-likeness (QED) is 0.564. The summed E-state index contributed by atoms with van der Waals surface area (Å²) in [5.74, 6) is -0.225. The van der Waals surface area contributed by atoms with Crippen LogP contribution in [0.1, 0.15) is 0 Å². The first-order chi connectivity index (χ1) is 11.7. The van der Waals surface area contributed by atoms with Gasteiger partial charge >= 0.3 is 0 Å². The zero-order valence-electron chi connectivity index (χ0n) is 13.2. The molecule has 0 radical (unpaired) electrons. The minimum absolute atomic E-state index is 0.225. The van der Waals surface area contributed by atoms with Crippen LogP contribution in [0.5, 0.6) is 0 Å². The van der Waals surface area contributed by atoms with E-state index in [0.29, 0.717) is 0 Å². The molecule has 0 fully saturated rings. The van der Waals surface area contributed by atoms with Gasteiger partial charge in [-0.2, -0.15) is 5.10 Å². The number of aromatic nitrogens is 3. The van der Waals surface area contributed by atoms with Crippen molar-refractivity contribution in [1.82, 2.24) is 14.8 Å². The van der Waals surface area contributed by atoms with E-state index in [0.717, 1.165) is 38.6 Å². The predicted molar refractivity (Wildman–Crippen MR) is 96.8 cm³/mol. The molecule has 0 saturated carbocycles. The number of fused-ring (bicyclic) bond motifs is 2. The van der Waals surface area contributed by atoms with Crippen molar-refractivity contribution in [2.24, 2.45) is 7.05 Å². The highest BCUT2D eigenvalue weighted by Gasteiger charge is 2.10. The topological polar surface area (TPSA) is 62.7 Å². The van der Waals surface area contributed by atoms with Crippen LogP contribution in [0.2, 0.25) is 0 Å². The van der Waals surface area contributed by atoms with Gasteiger partial charge in [0.05, 0.1) is 17.4 Å². The Morgan fingerprint density at radius 1 is 1.25 bits per heavy atom. The number of carbonyl (C=O) groups excluding carboxylic acids is 1. The molecule has 0 bridgehead atoms. The predicted octanol–water partition coefficient (Wildman–Crippen LogP) is 3.85. The number of carbonyl (C=O) groups is 1. The van der Waals surface area contributed by atoms with Crippen LogP contribution >= 0.6 is 0 Å². The van der Waals surface area contributed by atoms with Crippen LogP contribution in [0, 0.1) is 0 Å². The Morgan fingerprint density at radius 3 is 2.96 bits per heavy atom. The summed E-state index contributed by atoms with van der Waals surface area (Å²) in [4.78, 5) is 14.9. The number of amides is 1. The maximum atomic E-state index is 11.7. The lowest BCUT2D eigenvalue weighted by atomic mass is 10.0. The van der Waals surface area contributed by atoms with Gasteiger partial charge in [0.1, 0.15) is 0 Å². The normalized spacial score (nSPS) is 11.0. The lowest BCUT2D eigenvalue weighted by molar-refractivity contribution is -0.111. The molecule has 1 amide bonds. The molecule has 5 nitrogen and oxygen atoms in total. The first kappa shape index (κ1) is 14.3. The summed E-state index contributed by atoms with van der Waals surface area (Å²) in [5, 5.41) is 9.23. The molecular weight excluding hydrogens is 300 g/mol. The minimum atomic E-state index is -0.225. The van der Waals surface area contributed by atoms with Crippen molar-refractivity contribution in [1.29, 1.82) is 0 Å². The smallest absolute Gasteiger partial charge is 0.247 e. The van der Waals surface area contributed by atoms with Gasteiger partial charge in [-0.1, -0.05) is 18.7 Å². The van der Waals surface area contributed by atoms with E-state index in [9.17, 15) is 4.79 Å². The zero-order valence-corrected chi connectivity index (χ0v) is 13.2. The molecule has 0 aliphatic carbocycles. The standard InChI is InChI=1S/C19H16N4O/c1-3-19(24)22-17-9-14(8-16-15(17)6-7-20-16)12-4-5-13-11-21-23(2)18(13)10-12/h3-11,20H,1H2,2H3,(H,22,24). The van der Waals surface area contributed by atoms with E-state index < -0.39 is 0 Å². The van der Waals surface area contributed by atoms with E-state index in [4.69, 9.17) is 0 Å². The highest BCUT2D eigenvalue weighted by molar-refractivity contribution is 6.07. The lowest BCUT2D eigenvalue weighted by Crippen LogP contribution is -2.07. The van der Waals surface area contributed by atoms with Gasteiger partial charge in [-0.25, -0.2) is 0 Å². The second-order valence-electron chi connectivity index (χ2n) is 5.70. The van der Waals surface area contributed by atoms with Gasteiger partial charge in [0.25, 0.3) is 0 Å². The molecule has 2 aromatic heterocycles. The van der Waals surface area contributed by atoms with E-state index in [-0.39, 0.29) is 5.91 Å². The zero-order chi connectivity index (χ0) is 16.7. The van der Waals surface area contributed by atoms with Crippen molar-refractivity contribution >= 4 is 33.4 Å². The average Bonchev–Trinajstić information content (AvgIpc) is 3.21. The van der Waals surface area contributed by atoms with Crippen LogP contribution in [-0.2, 0) is 11.8 Å². The second kappa shape index (κ2) is 5.38. The fourth-order valence-electron chi connectivity index (χ4n) is 2.94. The Hall–Kier alpha value is -3.34. The number of anilines is 1. The SMILES string of the molecule is C=CC(=O)Nc1cc(-c2ccc3cnn(C)c3c2)cc2[nH]ccc12. The number of hydrogen-bond acceptors (Lipinski definition) is 2. The molecule has 0 spiro atoms. The highest BCUT2D eigenvalue weighted by atomic mass is 16.1. The van der Waals surface area contributed by atoms with Gasteiger partial charge in [-0.15, -0.1) is 0 Å². The monoisotopic (exact) mass is 316 g/mol. The average molecular weight is 316 g/mol. The molecule has 2 N–H and O–H groups in total. The molecule has 0 atom stereocenters. The fourth-order valence-corrected chi connectivity index (χ4v) is 2.94. The Morgan fingerprint density at radius 2 is 2.12 bits per heavy atom. The van der Waals surface area contributed by atoms with Crippen molar-refractivity contribution in [3.05, 3.63) is 61.4 Å². The van der Waals surface area contributed by atoms with Crippen LogP contribution in [0.3, 0.4) is 0 Å². The summed E-state index contributed by atoms with van der Waals surface area (Å²) in [6, 6.07) is 12.2. The van der Waals surface area contributed by atoms with Crippen LogP contribution in [0.25, 0.3) is 32.9 Å². The second-order valence-corrected chi connectivity index (χ2v) is 5.70. The van der Waals surface area contributed by atoms with E-state index in [1.165, 1.54) is 6.08 Å². The number of benzene rings is 2. The van der Waals surface area contributed by atoms with Gasteiger partial charge in [0.2, 0.25) is 5.91 Å². The number of H-pyrrole nitrogens is 1. The number of aryl methyl sites for hydroxylation is 1. The van der Waals surface area contributed by atoms with Crippen molar-refractivity contribution in [2.45, 2.75) is 0 Å². The molecule has 4 aromatic rings. The molecule has 118 valence electrons. The molecule has 0 saturated heterocycles. The Bertz CT molecular complexity index is 1090. The van der Waals surface area contributed by atoms with Crippen LogP contribution in [0.15, 0.2) is 61.4 Å². The molecule has 2 heterocycles. The summed E-state index contributed by atoms with van der Waals surface area (Å²) >= 11 is 0. The molecule has 0 aliphatic heterocycles. The molecule has 5 heteroatoms. The van der Waals surface area contributed by atoms with Crippen LogP contribution in [0.4, 0.5) is 5.69 Å². The summed E-state index contributed by atoms with van der Waals surface area (Å²) in [5.41, 5.74) is 4.88. The van der Waals surface area contributed by atoms with Crippen molar-refractivity contribution in [3.8, 4) is 11.1 Å². The van der Waals surface area contributed by atoms with Crippen LogP contribution in [-0.4, -0.2) is 20.7 Å². The third-order valence-electron chi connectivity index (χ3n) is 4.19. The van der Waals surface area contributed by atoms with Crippen molar-refractivity contribution in [3.63, 3.8) is 0 Å². The van der Waals surface area contributed by atoms with E-state index in [1.807, 2.05) is 36.3 Å². The number of hydrogen-bond donors (Lipinski definition) is 2. The summed E-state index contributed by atoms with van der Waals surface area (Å²) in [6.45, 7) is 3.51.